The van der Waals surface area contributed by atoms with Gasteiger partial charge in [0.2, 0.25) is 5.91 Å². The van der Waals surface area contributed by atoms with Gasteiger partial charge in [-0.05, 0) is 33.9 Å². The van der Waals surface area contributed by atoms with Gasteiger partial charge in [-0.3, -0.25) is 4.79 Å². The van der Waals surface area contributed by atoms with E-state index in [1.165, 1.54) is 0 Å². The molecule has 0 radical (unpaired) electrons. The largest absolute Gasteiger partial charge is 0.388 e. The Morgan fingerprint density at radius 3 is 2.44 bits per heavy atom. The van der Waals surface area contributed by atoms with Crippen molar-refractivity contribution in [2.45, 2.75) is 38.3 Å². The van der Waals surface area contributed by atoms with Crippen LogP contribution in [0.5, 0.6) is 0 Å². The van der Waals surface area contributed by atoms with Crippen LogP contribution in [0.3, 0.4) is 0 Å². The molecule has 1 rings (SSSR count). The predicted octanol–water partition coefficient (Wildman–Crippen LogP) is -0.100. The van der Waals surface area contributed by atoms with E-state index in [9.17, 15) is 9.90 Å². The first-order chi connectivity index (χ1) is 8.30. The highest BCUT2D eigenvalue weighted by molar-refractivity contribution is 5.73. The second-order valence-corrected chi connectivity index (χ2v) is 5.90. The summed E-state index contributed by atoms with van der Waals surface area (Å²) in [4.78, 5) is 15.1. The molecular formula is C13H27N3O2. The standard InChI is InChI=1S/C13H27N3O2/c1-11(17)16-7-5-12(6-8-16)14-9-13(2,18)10-15(3)4/h12,14,18H,5-10H2,1-4H3. The minimum atomic E-state index is -0.707. The first-order valence-corrected chi connectivity index (χ1v) is 6.66. The smallest absolute Gasteiger partial charge is 0.219 e. The Kier molecular flexibility index (Phi) is 5.56. The number of likely N-dealkylation sites (N-methyl/N-ethyl adjacent to an activating group) is 1. The third-order valence-corrected chi connectivity index (χ3v) is 3.37. The van der Waals surface area contributed by atoms with Crippen molar-refractivity contribution in [2.75, 3.05) is 40.3 Å². The van der Waals surface area contributed by atoms with Gasteiger partial charge in [0.05, 0.1) is 5.60 Å². The van der Waals surface area contributed by atoms with Crippen LogP contribution in [0.25, 0.3) is 0 Å². The van der Waals surface area contributed by atoms with Crippen LogP contribution in [0.1, 0.15) is 26.7 Å². The lowest BCUT2D eigenvalue weighted by Crippen LogP contribution is -2.51. The molecule has 5 heteroatoms. The number of piperidine rings is 1. The third kappa shape index (κ3) is 5.33. The van der Waals surface area contributed by atoms with Gasteiger partial charge in [-0.25, -0.2) is 0 Å². The summed E-state index contributed by atoms with van der Waals surface area (Å²) in [6, 6.07) is 0.411. The van der Waals surface area contributed by atoms with Crippen molar-refractivity contribution in [1.82, 2.24) is 15.1 Å². The van der Waals surface area contributed by atoms with Gasteiger partial charge in [0, 0.05) is 39.1 Å². The molecule has 18 heavy (non-hydrogen) atoms. The molecule has 106 valence electrons. The van der Waals surface area contributed by atoms with Crippen molar-refractivity contribution in [1.29, 1.82) is 0 Å². The number of hydrogen-bond acceptors (Lipinski definition) is 4. The fraction of sp³-hybridized carbons (Fsp3) is 0.923. The van der Waals surface area contributed by atoms with Crippen LogP contribution < -0.4 is 5.32 Å². The minimum Gasteiger partial charge on any atom is -0.388 e. The molecule has 0 spiro atoms. The summed E-state index contributed by atoms with van der Waals surface area (Å²) < 4.78 is 0. The molecule has 0 aromatic carbocycles. The van der Waals surface area contributed by atoms with Crippen molar-refractivity contribution in [3.63, 3.8) is 0 Å². The molecule has 5 nitrogen and oxygen atoms in total. The Labute approximate surface area is 110 Å². The van der Waals surface area contributed by atoms with E-state index >= 15 is 0 Å². The SMILES string of the molecule is CC(=O)N1CCC(NCC(C)(O)CN(C)C)CC1. The molecule has 1 atom stereocenters. The zero-order valence-corrected chi connectivity index (χ0v) is 12.1. The maximum atomic E-state index is 11.2. The van der Waals surface area contributed by atoms with Gasteiger partial charge < -0.3 is 20.2 Å². The predicted molar refractivity (Wildman–Crippen MR) is 72.5 cm³/mol. The molecule has 1 fully saturated rings. The van der Waals surface area contributed by atoms with Crippen LogP contribution in [-0.2, 0) is 4.79 Å². The van der Waals surface area contributed by atoms with Crippen LogP contribution in [0.15, 0.2) is 0 Å². The second kappa shape index (κ2) is 6.50. The Hall–Kier alpha value is -0.650. The van der Waals surface area contributed by atoms with Gasteiger partial charge in [0.1, 0.15) is 0 Å². The summed E-state index contributed by atoms with van der Waals surface area (Å²) in [5.41, 5.74) is -0.707. The van der Waals surface area contributed by atoms with E-state index in [-0.39, 0.29) is 5.91 Å². The number of nitrogens with one attached hydrogen (secondary N) is 1. The lowest BCUT2D eigenvalue weighted by atomic mass is 10.0. The van der Waals surface area contributed by atoms with Crippen LogP contribution in [0.4, 0.5) is 0 Å². The highest BCUT2D eigenvalue weighted by atomic mass is 16.3. The molecule has 1 aliphatic heterocycles. The lowest BCUT2D eigenvalue weighted by Gasteiger charge is -2.34. The van der Waals surface area contributed by atoms with Gasteiger partial charge in [0.15, 0.2) is 0 Å². The maximum absolute atomic E-state index is 11.2. The first-order valence-electron chi connectivity index (χ1n) is 6.66. The first kappa shape index (κ1) is 15.4. The molecule has 0 aromatic heterocycles. The Morgan fingerprint density at radius 2 is 2.00 bits per heavy atom. The molecule has 2 N–H and O–H groups in total. The van der Waals surface area contributed by atoms with E-state index in [4.69, 9.17) is 0 Å². The molecular weight excluding hydrogens is 230 g/mol. The van der Waals surface area contributed by atoms with Crippen LogP contribution in [0, 0.1) is 0 Å². The average molecular weight is 257 g/mol. The fourth-order valence-corrected chi connectivity index (χ4v) is 2.50. The van der Waals surface area contributed by atoms with Gasteiger partial charge in [-0.15, -0.1) is 0 Å². The number of hydrogen-bond donors (Lipinski definition) is 2. The number of amides is 1. The molecule has 0 bridgehead atoms. The van der Waals surface area contributed by atoms with E-state index in [1.807, 2.05) is 30.8 Å². The summed E-state index contributed by atoms with van der Waals surface area (Å²) in [5, 5.41) is 13.6. The Morgan fingerprint density at radius 1 is 1.44 bits per heavy atom. The van der Waals surface area contributed by atoms with Gasteiger partial charge in [0.25, 0.3) is 0 Å². The highest BCUT2D eigenvalue weighted by Crippen LogP contribution is 2.12. The molecule has 1 unspecified atom stereocenters. The van der Waals surface area contributed by atoms with Gasteiger partial charge in [-0.1, -0.05) is 0 Å². The number of carbonyl (C=O) groups is 1. The molecule has 0 aliphatic carbocycles. The van der Waals surface area contributed by atoms with Crippen LogP contribution in [-0.4, -0.2) is 72.7 Å². The van der Waals surface area contributed by atoms with E-state index < -0.39 is 5.60 Å². The topological polar surface area (TPSA) is 55.8 Å². The Bertz CT molecular complexity index is 271. The van der Waals surface area contributed by atoms with Gasteiger partial charge >= 0.3 is 0 Å². The second-order valence-electron chi connectivity index (χ2n) is 5.90. The van der Waals surface area contributed by atoms with Crippen LogP contribution >= 0.6 is 0 Å². The summed E-state index contributed by atoms with van der Waals surface area (Å²) in [6.07, 6.45) is 1.94. The molecule has 1 saturated heterocycles. The van der Waals surface area contributed by atoms with E-state index in [2.05, 4.69) is 5.32 Å². The molecule has 0 saturated carbocycles. The van der Waals surface area contributed by atoms with Gasteiger partial charge in [-0.2, -0.15) is 0 Å². The summed E-state index contributed by atoms with van der Waals surface area (Å²) in [7, 11) is 3.92. The van der Waals surface area contributed by atoms with Crippen LogP contribution in [0.2, 0.25) is 0 Å². The quantitative estimate of drug-likeness (QED) is 0.722. The molecule has 1 aliphatic rings. The number of aliphatic hydroxyl groups is 1. The Balaban J connectivity index is 2.27. The van der Waals surface area contributed by atoms with Crippen molar-refractivity contribution in [2.24, 2.45) is 0 Å². The molecule has 1 amide bonds. The summed E-state index contributed by atoms with van der Waals surface area (Å²) >= 11 is 0. The number of carbonyl (C=O) groups excluding carboxylic acids is 1. The summed E-state index contributed by atoms with van der Waals surface area (Å²) in [5.74, 6) is 0.160. The van der Waals surface area contributed by atoms with Crippen molar-refractivity contribution >= 4 is 5.91 Å². The molecule has 0 aromatic rings. The van der Waals surface area contributed by atoms with E-state index in [1.54, 1.807) is 6.92 Å². The number of nitrogens with zero attached hydrogens (tertiary/aromatic N) is 2. The summed E-state index contributed by atoms with van der Waals surface area (Å²) in [6.45, 7) is 6.36. The number of likely N-dealkylation sites (tertiary alicyclic amines) is 1. The minimum absolute atomic E-state index is 0.160. The fourth-order valence-electron chi connectivity index (χ4n) is 2.50. The van der Waals surface area contributed by atoms with E-state index in [0.717, 1.165) is 25.9 Å². The van der Waals surface area contributed by atoms with Crippen molar-refractivity contribution in [3.8, 4) is 0 Å². The van der Waals surface area contributed by atoms with E-state index in [0.29, 0.717) is 19.1 Å². The number of rotatable bonds is 5. The average Bonchev–Trinajstić information content (AvgIpc) is 2.25. The third-order valence-electron chi connectivity index (χ3n) is 3.37. The maximum Gasteiger partial charge on any atom is 0.219 e. The normalized spacial score (nSPS) is 21.1. The molecule has 1 heterocycles. The highest BCUT2D eigenvalue weighted by Gasteiger charge is 2.25. The lowest BCUT2D eigenvalue weighted by molar-refractivity contribution is -0.129. The monoisotopic (exact) mass is 257 g/mol. The van der Waals surface area contributed by atoms with Crippen molar-refractivity contribution in [3.05, 3.63) is 0 Å². The zero-order chi connectivity index (χ0) is 13.8. The zero-order valence-electron chi connectivity index (χ0n) is 12.1. The van der Waals surface area contributed by atoms with Crippen molar-refractivity contribution < 1.29 is 9.90 Å².